The summed E-state index contributed by atoms with van der Waals surface area (Å²) >= 11 is 0. The van der Waals surface area contributed by atoms with E-state index < -0.39 is 22.0 Å². The lowest BCUT2D eigenvalue weighted by Crippen LogP contribution is -2.27. The largest absolute Gasteiger partial charge is 0.480 e. The standard InChI is InChI=1S/C9H17NO4S/c1-3-7(9(12)13)15(14)6-4-5-8(11)10-2/h7H,3-6H2,1-2H3,(H,10,11)(H,12,13). The van der Waals surface area contributed by atoms with E-state index in [1.165, 1.54) is 7.05 Å². The number of aliphatic carboxylic acids is 1. The summed E-state index contributed by atoms with van der Waals surface area (Å²) in [6.07, 6.45) is 1.09. The van der Waals surface area contributed by atoms with E-state index >= 15 is 0 Å². The van der Waals surface area contributed by atoms with Crippen LogP contribution >= 0.6 is 0 Å². The van der Waals surface area contributed by atoms with E-state index in [9.17, 15) is 13.8 Å². The summed E-state index contributed by atoms with van der Waals surface area (Å²) in [4.78, 5) is 21.5. The summed E-state index contributed by atoms with van der Waals surface area (Å²) in [5.41, 5.74) is 0. The topological polar surface area (TPSA) is 83.5 Å². The molecular weight excluding hydrogens is 218 g/mol. The minimum Gasteiger partial charge on any atom is -0.480 e. The summed E-state index contributed by atoms with van der Waals surface area (Å²) in [5.74, 6) is -0.885. The monoisotopic (exact) mass is 235 g/mol. The van der Waals surface area contributed by atoms with Crippen LogP contribution in [0.3, 0.4) is 0 Å². The van der Waals surface area contributed by atoms with Crippen LogP contribution in [0.5, 0.6) is 0 Å². The third kappa shape index (κ3) is 5.51. The van der Waals surface area contributed by atoms with Gasteiger partial charge in [-0.05, 0) is 12.8 Å². The Bertz CT molecular complexity index is 254. The molecule has 2 atom stereocenters. The van der Waals surface area contributed by atoms with Gasteiger partial charge in [-0.3, -0.25) is 13.8 Å². The van der Waals surface area contributed by atoms with Crippen molar-refractivity contribution in [1.29, 1.82) is 0 Å². The van der Waals surface area contributed by atoms with Gasteiger partial charge in [0.1, 0.15) is 5.25 Å². The molecule has 0 saturated heterocycles. The number of amides is 1. The molecule has 0 aliphatic heterocycles. The number of hydrogen-bond acceptors (Lipinski definition) is 3. The van der Waals surface area contributed by atoms with Crippen LogP contribution in [0.1, 0.15) is 26.2 Å². The van der Waals surface area contributed by atoms with Crippen molar-refractivity contribution < 1.29 is 18.9 Å². The van der Waals surface area contributed by atoms with E-state index in [0.29, 0.717) is 12.8 Å². The van der Waals surface area contributed by atoms with Crippen LogP contribution in [-0.4, -0.2) is 39.2 Å². The van der Waals surface area contributed by atoms with Crippen LogP contribution in [0.4, 0.5) is 0 Å². The van der Waals surface area contributed by atoms with Crippen LogP contribution in [0, 0.1) is 0 Å². The van der Waals surface area contributed by atoms with Gasteiger partial charge in [0.05, 0.1) is 0 Å². The van der Waals surface area contributed by atoms with E-state index in [1.807, 2.05) is 0 Å². The second-order valence-electron chi connectivity index (χ2n) is 3.10. The third-order valence-corrected chi connectivity index (χ3v) is 3.85. The van der Waals surface area contributed by atoms with Crippen LogP contribution in [-0.2, 0) is 20.4 Å². The first-order chi connectivity index (χ1) is 7.02. The Morgan fingerprint density at radius 1 is 1.47 bits per heavy atom. The molecule has 6 heteroatoms. The van der Waals surface area contributed by atoms with E-state index in [0.717, 1.165) is 0 Å². The molecule has 0 radical (unpaired) electrons. The van der Waals surface area contributed by atoms with Gasteiger partial charge < -0.3 is 10.4 Å². The Hall–Kier alpha value is -0.910. The van der Waals surface area contributed by atoms with Crippen LogP contribution in [0.25, 0.3) is 0 Å². The van der Waals surface area contributed by atoms with Gasteiger partial charge in [-0.2, -0.15) is 0 Å². The van der Waals surface area contributed by atoms with Gasteiger partial charge in [0, 0.05) is 30.0 Å². The molecule has 15 heavy (non-hydrogen) atoms. The maximum absolute atomic E-state index is 11.5. The molecular formula is C9H17NO4S. The summed E-state index contributed by atoms with van der Waals surface area (Å²) in [7, 11) is 0.147. The Labute approximate surface area is 91.7 Å². The number of carbonyl (C=O) groups excluding carboxylic acids is 1. The lowest BCUT2D eigenvalue weighted by Gasteiger charge is -2.08. The van der Waals surface area contributed by atoms with Crippen molar-refractivity contribution in [1.82, 2.24) is 5.32 Å². The minimum absolute atomic E-state index is 0.115. The minimum atomic E-state index is -1.39. The summed E-state index contributed by atoms with van der Waals surface area (Å²) < 4.78 is 11.5. The van der Waals surface area contributed by atoms with Crippen molar-refractivity contribution in [3.05, 3.63) is 0 Å². The van der Waals surface area contributed by atoms with Crippen molar-refractivity contribution in [3.8, 4) is 0 Å². The zero-order valence-electron chi connectivity index (χ0n) is 8.99. The van der Waals surface area contributed by atoms with E-state index in [2.05, 4.69) is 5.32 Å². The lowest BCUT2D eigenvalue weighted by atomic mass is 10.3. The Balaban J connectivity index is 3.92. The quantitative estimate of drug-likeness (QED) is 0.656. The van der Waals surface area contributed by atoms with Gasteiger partial charge in [-0.25, -0.2) is 0 Å². The average molecular weight is 235 g/mol. The Morgan fingerprint density at radius 2 is 2.07 bits per heavy atom. The van der Waals surface area contributed by atoms with Gasteiger partial charge >= 0.3 is 5.97 Å². The molecule has 0 rings (SSSR count). The zero-order chi connectivity index (χ0) is 11.8. The van der Waals surface area contributed by atoms with Gasteiger partial charge in [-0.15, -0.1) is 0 Å². The van der Waals surface area contributed by atoms with E-state index in [4.69, 9.17) is 5.11 Å². The number of carbonyl (C=O) groups is 2. The SMILES string of the molecule is CCC(C(=O)O)S(=O)CCCC(=O)NC. The van der Waals surface area contributed by atoms with Gasteiger partial charge in [0.2, 0.25) is 5.91 Å². The number of rotatable bonds is 7. The number of nitrogens with one attached hydrogen (secondary N) is 1. The van der Waals surface area contributed by atoms with Crippen molar-refractivity contribution in [3.63, 3.8) is 0 Å². The number of carboxylic acid groups (broad SMARTS) is 1. The van der Waals surface area contributed by atoms with Crippen molar-refractivity contribution in [2.75, 3.05) is 12.8 Å². The highest BCUT2D eigenvalue weighted by molar-refractivity contribution is 7.86. The molecule has 0 aliphatic rings. The lowest BCUT2D eigenvalue weighted by molar-refractivity contribution is -0.136. The average Bonchev–Trinajstić information content (AvgIpc) is 2.17. The van der Waals surface area contributed by atoms with Gasteiger partial charge in [0.25, 0.3) is 0 Å². The smallest absolute Gasteiger partial charge is 0.319 e. The van der Waals surface area contributed by atoms with E-state index in [-0.39, 0.29) is 18.1 Å². The summed E-state index contributed by atoms with van der Waals surface area (Å²) in [5, 5.41) is 10.4. The highest BCUT2D eigenvalue weighted by atomic mass is 32.2. The highest BCUT2D eigenvalue weighted by Gasteiger charge is 2.21. The van der Waals surface area contributed by atoms with Crippen molar-refractivity contribution in [2.45, 2.75) is 31.4 Å². The van der Waals surface area contributed by atoms with Crippen molar-refractivity contribution in [2.24, 2.45) is 0 Å². The molecule has 2 unspecified atom stereocenters. The second-order valence-corrected chi connectivity index (χ2v) is 4.84. The molecule has 0 heterocycles. The van der Waals surface area contributed by atoms with Crippen LogP contribution in [0.2, 0.25) is 0 Å². The maximum atomic E-state index is 11.5. The molecule has 88 valence electrons. The first kappa shape index (κ1) is 14.1. The molecule has 0 aliphatic carbocycles. The first-order valence-electron chi connectivity index (χ1n) is 4.83. The Kier molecular flexibility index (Phi) is 6.94. The molecule has 0 aromatic heterocycles. The second kappa shape index (κ2) is 7.39. The third-order valence-electron chi connectivity index (χ3n) is 1.99. The number of carboxylic acids is 1. The first-order valence-corrected chi connectivity index (χ1v) is 6.21. The van der Waals surface area contributed by atoms with Crippen LogP contribution in [0.15, 0.2) is 0 Å². The fraction of sp³-hybridized carbons (Fsp3) is 0.778. The molecule has 0 saturated carbocycles. The summed E-state index contributed by atoms with van der Waals surface area (Å²) in [6, 6.07) is 0. The molecule has 0 spiro atoms. The molecule has 2 N–H and O–H groups in total. The summed E-state index contributed by atoms with van der Waals surface area (Å²) in [6.45, 7) is 1.69. The molecule has 0 aromatic rings. The maximum Gasteiger partial charge on any atom is 0.319 e. The van der Waals surface area contributed by atoms with Crippen LogP contribution < -0.4 is 5.32 Å². The molecule has 1 amide bonds. The predicted molar refractivity (Wildman–Crippen MR) is 58.0 cm³/mol. The fourth-order valence-electron chi connectivity index (χ4n) is 1.12. The van der Waals surface area contributed by atoms with Gasteiger partial charge in [-0.1, -0.05) is 6.92 Å². The zero-order valence-corrected chi connectivity index (χ0v) is 9.80. The molecule has 0 bridgehead atoms. The van der Waals surface area contributed by atoms with Gasteiger partial charge in [0.15, 0.2) is 0 Å². The van der Waals surface area contributed by atoms with E-state index in [1.54, 1.807) is 6.92 Å². The molecule has 0 fully saturated rings. The van der Waals surface area contributed by atoms with Crippen molar-refractivity contribution >= 4 is 22.7 Å². The Morgan fingerprint density at radius 3 is 2.47 bits per heavy atom. The normalized spacial score (nSPS) is 14.3. The fourth-order valence-corrected chi connectivity index (χ4v) is 2.43. The molecule has 0 aromatic carbocycles. The highest BCUT2D eigenvalue weighted by Crippen LogP contribution is 2.05. The predicted octanol–water partition coefficient (Wildman–Crippen LogP) is 0.124. The molecule has 5 nitrogen and oxygen atoms in total. The number of hydrogen-bond donors (Lipinski definition) is 2.